The molecule has 0 radical (unpaired) electrons. The second-order valence-corrected chi connectivity index (χ2v) is 10.8. The molecule has 1 aromatic heterocycles. The Labute approximate surface area is 270 Å². The largest absolute Gasteiger partial charge is 0.445 e. The van der Waals surface area contributed by atoms with E-state index >= 15 is 0 Å². The van der Waals surface area contributed by atoms with Crippen molar-refractivity contribution in [2.24, 2.45) is 5.73 Å². The zero-order valence-electron chi connectivity index (χ0n) is 25.7. The van der Waals surface area contributed by atoms with Gasteiger partial charge in [-0.2, -0.15) is 0 Å². The molecule has 13 heteroatoms. The molecule has 0 fully saturated rings. The molecule has 244 valence electrons. The van der Waals surface area contributed by atoms with Crippen LogP contribution in [0.5, 0.6) is 0 Å². The highest BCUT2D eigenvalue weighted by atomic mass is 16.5. The third-order valence-electron chi connectivity index (χ3n) is 7.17. The molecular weight excluding hydrogens is 604 g/mol. The number of guanidine groups is 1. The Morgan fingerprint density at radius 1 is 0.872 bits per heavy atom. The minimum atomic E-state index is -1.21. The van der Waals surface area contributed by atoms with Crippen LogP contribution < -0.4 is 32.6 Å². The van der Waals surface area contributed by atoms with Crippen LogP contribution in [-0.4, -0.2) is 48.4 Å². The van der Waals surface area contributed by atoms with Crippen molar-refractivity contribution in [2.75, 3.05) is 6.54 Å². The minimum Gasteiger partial charge on any atom is -0.445 e. The summed E-state index contributed by atoms with van der Waals surface area (Å²) >= 11 is 0. The van der Waals surface area contributed by atoms with Gasteiger partial charge in [-0.25, -0.2) is 9.59 Å². The topological polar surface area (TPSA) is 206 Å². The standard InChI is InChI=1S/C34H36N6O7/c1-21-17-29(41)47-28-19-24(14-15-25(21)28)30(42)40-31(43)26(13-8-16-37-33(35)36)38-32(44)27(18-22-9-4-2-5-10-22)39-34(45)46-20-23-11-6-3-7-12-23/h2-7,9-12,14-15,17,19,26-27H,8,13,16,18,20H2,1H3,(H,38,44)(H,39,45)(H4,35,36,37)(H,40,42,43)/t26-,27-/m0/s1. The second-order valence-electron chi connectivity index (χ2n) is 10.8. The summed E-state index contributed by atoms with van der Waals surface area (Å²) in [6.07, 6.45) is -0.380. The van der Waals surface area contributed by atoms with Crippen LogP contribution in [0, 0.1) is 12.3 Å². The van der Waals surface area contributed by atoms with Gasteiger partial charge in [0.2, 0.25) is 11.8 Å². The molecule has 47 heavy (non-hydrogen) atoms. The molecule has 4 rings (SSSR count). The Morgan fingerprint density at radius 2 is 1.55 bits per heavy atom. The van der Waals surface area contributed by atoms with E-state index in [9.17, 15) is 24.0 Å². The Balaban J connectivity index is 1.49. The average Bonchev–Trinajstić information content (AvgIpc) is 3.05. The monoisotopic (exact) mass is 640 g/mol. The fourth-order valence-corrected chi connectivity index (χ4v) is 4.77. The maximum Gasteiger partial charge on any atom is 0.408 e. The first-order valence-corrected chi connectivity index (χ1v) is 14.9. The molecule has 0 aliphatic heterocycles. The molecule has 0 aliphatic rings. The molecule has 0 aliphatic carbocycles. The third-order valence-corrected chi connectivity index (χ3v) is 7.17. The number of ether oxygens (including phenoxy) is 1. The Morgan fingerprint density at radius 3 is 2.23 bits per heavy atom. The number of hydrogen-bond donors (Lipinski definition) is 6. The van der Waals surface area contributed by atoms with Crippen LogP contribution in [-0.2, 0) is 27.4 Å². The van der Waals surface area contributed by atoms with Gasteiger partial charge < -0.3 is 30.8 Å². The lowest BCUT2D eigenvalue weighted by molar-refractivity contribution is -0.129. The zero-order chi connectivity index (χ0) is 33.8. The van der Waals surface area contributed by atoms with Crippen molar-refractivity contribution in [1.82, 2.24) is 21.3 Å². The number of hydrogen-bond acceptors (Lipinski definition) is 8. The Kier molecular flexibility index (Phi) is 11.8. The van der Waals surface area contributed by atoms with Crippen LogP contribution in [0.4, 0.5) is 4.79 Å². The maximum atomic E-state index is 13.6. The number of carbonyl (C=O) groups is 4. The van der Waals surface area contributed by atoms with Crippen LogP contribution in [0.1, 0.15) is 39.9 Å². The summed E-state index contributed by atoms with van der Waals surface area (Å²) in [5, 5.41) is 18.2. The lowest BCUT2D eigenvalue weighted by Crippen LogP contribution is -2.55. The van der Waals surface area contributed by atoms with Gasteiger partial charge in [0.25, 0.3) is 5.91 Å². The van der Waals surface area contributed by atoms with E-state index in [4.69, 9.17) is 20.3 Å². The van der Waals surface area contributed by atoms with Crippen LogP contribution >= 0.6 is 0 Å². The highest BCUT2D eigenvalue weighted by Gasteiger charge is 2.28. The summed E-state index contributed by atoms with van der Waals surface area (Å²) < 4.78 is 10.5. The first kappa shape index (κ1) is 33.9. The summed E-state index contributed by atoms with van der Waals surface area (Å²) in [6.45, 7) is 1.95. The fraction of sp³-hybridized carbons (Fsp3) is 0.235. The second kappa shape index (κ2) is 16.4. The number of amides is 4. The van der Waals surface area contributed by atoms with E-state index in [0.29, 0.717) is 17.4 Å². The van der Waals surface area contributed by atoms with Crippen molar-refractivity contribution in [3.05, 3.63) is 118 Å². The van der Waals surface area contributed by atoms with Crippen molar-refractivity contribution in [2.45, 2.75) is 44.9 Å². The van der Waals surface area contributed by atoms with Crippen molar-refractivity contribution < 1.29 is 28.3 Å². The van der Waals surface area contributed by atoms with Gasteiger partial charge in [0.15, 0.2) is 5.96 Å². The van der Waals surface area contributed by atoms with Crippen LogP contribution in [0.3, 0.4) is 0 Å². The third kappa shape index (κ3) is 10.3. The smallest absolute Gasteiger partial charge is 0.408 e. The number of benzene rings is 3. The van der Waals surface area contributed by atoms with Gasteiger partial charge in [-0.3, -0.25) is 25.1 Å². The highest BCUT2D eigenvalue weighted by Crippen LogP contribution is 2.18. The lowest BCUT2D eigenvalue weighted by atomic mass is 10.0. The molecule has 4 aromatic rings. The van der Waals surface area contributed by atoms with Crippen LogP contribution in [0.15, 0.2) is 94.1 Å². The summed E-state index contributed by atoms with van der Waals surface area (Å²) in [7, 11) is 0. The van der Waals surface area contributed by atoms with Gasteiger partial charge in [-0.1, -0.05) is 66.7 Å². The number of nitrogens with one attached hydrogen (secondary N) is 5. The normalized spacial score (nSPS) is 11.9. The van der Waals surface area contributed by atoms with Gasteiger partial charge in [-0.05, 0) is 48.6 Å². The molecule has 0 unspecified atom stereocenters. The molecule has 0 saturated carbocycles. The Hall–Kier alpha value is -5.98. The molecular formula is C34H36N6O7. The number of carbonyl (C=O) groups excluding carboxylic acids is 4. The zero-order valence-corrected chi connectivity index (χ0v) is 25.7. The fourth-order valence-electron chi connectivity index (χ4n) is 4.77. The number of rotatable bonds is 13. The minimum absolute atomic E-state index is 0.0135. The summed E-state index contributed by atoms with van der Waals surface area (Å²) in [4.78, 5) is 64.7. The number of imide groups is 1. The van der Waals surface area contributed by atoms with E-state index < -0.39 is 41.5 Å². The van der Waals surface area contributed by atoms with Crippen molar-refractivity contribution in [1.29, 1.82) is 5.41 Å². The first-order chi connectivity index (χ1) is 22.6. The molecule has 0 saturated heterocycles. The van der Waals surface area contributed by atoms with Crippen molar-refractivity contribution in [3.63, 3.8) is 0 Å². The summed E-state index contributed by atoms with van der Waals surface area (Å²) in [5.74, 6) is -2.52. The number of nitrogens with two attached hydrogens (primary N) is 1. The summed E-state index contributed by atoms with van der Waals surface area (Å²) in [5.41, 5.74) is 7.21. The Bertz CT molecular complexity index is 1790. The van der Waals surface area contributed by atoms with E-state index in [2.05, 4.69) is 21.3 Å². The molecule has 13 nitrogen and oxygen atoms in total. The molecule has 0 spiro atoms. The average molecular weight is 641 g/mol. The number of aryl methyl sites for hydroxylation is 1. The van der Waals surface area contributed by atoms with E-state index in [-0.39, 0.29) is 43.1 Å². The van der Waals surface area contributed by atoms with E-state index in [1.165, 1.54) is 18.2 Å². The summed E-state index contributed by atoms with van der Waals surface area (Å²) in [6, 6.07) is 21.5. The lowest BCUT2D eigenvalue weighted by Gasteiger charge is -2.23. The van der Waals surface area contributed by atoms with Crippen LogP contribution in [0.2, 0.25) is 0 Å². The molecule has 2 atom stereocenters. The van der Waals surface area contributed by atoms with Gasteiger partial charge in [-0.15, -0.1) is 0 Å². The highest BCUT2D eigenvalue weighted by molar-refractivity contribution is 6.08. The SMILES string of the molecule is Cc1cc(=O)oc2cc(C(=O)NC(=O)[C@H](CCCNC(=N)N)NC(=O)[C@H](Cc3ccccc3)NC(=O)OCc3ccccc3)ccc12. The quantitative estimate of drug-likeness (QED) is 0.0549. The number of alkyl carbamates (subject to hydrolysis) is 1. The predicted octanol–water partition coefficient (Wildman–Crippen LogP) is 2.64. The molecule has 4 amide bonds. The molecule has 7 N–H and O–H groups in total. The van der Waals surface area contributed by atoms with Gasteiger partial charge in [0, 0.05) is 30.0 Å². The van der Waals surface area contributed by atoms with Crippen molar-refractivity contribution in [3.8, 4) is 0 Å². The molecule has 1 heterocycles. The maximum absolute atomic E-state index is 13.6. The van der Waals surface area contributed by atoms with E-state index in [1.807, 2.05) is 24.3 Å². The van der Waals surface area contributed by atoms with E-state index in [1.54, 1.807) is 49.4 Å². The first-order valence-electron chi connectivity index (χ1n) is 14.9. The predicted molar refractivity (Wildman–Crippen MR) is 174 cm³/mol. The number of fused-ring (bicyclic) bond motifs is 1. The molecule has 0 bridgehead atoms. The van der Waals surface area contributed by atoms with Crippen LogP contribution in [0.25, 0.3) is 11.0 Å². The van der Waals surface area contributed by atoms with Gasteiger partial charge in [0.1, 0.15) is 24.3 Å². The van der Waals surface area contributed by atoms with Gasteiger partial charge in [0.05, 0.1) is 0 Å². The van der Waals surface area contributed by atoms with E-state index in [0.717, 1.165) is 11.1 Å². The van der Waals surface area contributed by atoms with Crippen molar-refractivity contribution >= 4 is 40.7 Å². The molecule has 3 aromatic carbocycles. The van der Waals surface area contributed by atoms with Gasteiger partial charge >= 0.3 is 11.7 Å².